The number of carbonyl (C=O) groups excluding carboxylic acids is 1. The number of anilines is 2. The van der Waals surface area contributed by atoms with E-state index in [1.165, 1.54) is 0 Å². The van der Waals surface area contributed by atoms with E-state index in [4.69, 9.17) is 4.74 Å². The summed E-state index contributed by atoms with van der Waals surface area (Å²) in [5.41, 5.74) is 1.34. The van der Waals surface area contributed by atoms with Gasteiger partial charge in [-0.25, -0.2) is 4.98 Å². The molecule has 6 heteroatoms. The Hall–Kier alpha value is -1.82. The van der Waals surface area contributed by atoms with Crippen molar-refractivity contribution in [3.8, 4) is 0 Å². The Labute approximate surface area is 162 Å². The Kier molecular flexibility index (Phi) is 5.26. The molecular weight excluding hydrogens is 340 g/mol. The van der Waals surface area contributed by atoms with Crippen LogP contribution in [-0.4, -0.2) is 62.2 Å². The molecule has 148 valence electrons. The van der Waals surface area contributed by atoms with E-state index in [9.17, 15) is 4.79 Å². The van der Waals surface area contributed by atoms with Gasteiger partial charge in [0.25, 0.3) is 0 Å². The average molecular weight is 373 g/mol. The first-order chi connectivity index (χ1) is 13.1. The topological polar surface area (TPSA) is 57.7 Å². The van der Waals surface area contributed by atoms with Crippen LogP contribution in [-0.2, 0) is 9.53 Å². The van der Waals surface area contributed by atoms with Crippen LogP contribution in [0.15, 0.2) is 18.3 Å². The van der Waals surface area contributed by atoms with Gasteiger partial charge in [0.2, 0.25) is 5.91 Å². The first-order valence-corrected chi connectivity index (χ1v) is 10.3. The van der Waals surface area contributed by atoms with Crippen LogP contribution in [0.25, 0.3) is 0 Å². The van der Waals surface area contributed by atoms with Gasteiger partial charge in [0.15, 0.2) is 0 Å². The number of nitrogens with one attached hydrogen (secondary N) is 1. The molecule has 2 saturated heterocycles. The summed E-state index contributed by atoms with van der Waals surface area (Å²) in [7, 11) is 3.99. The minimum absolute atomic E-state index is 0.258. The van der Waals surface area contributed by atoms with Crippen molar-refractivity contribution in [2.45, 2.75) is 44.6 Å². The Bertz CT molecular complexity index is 655. The van der Waals surface area contributed by atoms with Crippen molar-refractivity contribution >= 4 is 17.4 Å². The smallest absolute Gasteiger partial charge is 0.226 e. The van der Waals surface area contributed by atoms with Crippen LogP contribution in [0.3, 0.4) is 0 Å². The molecule has 1 aliphatic carbocycles. The lowest BCUT2D eigenvalue weighted by Gasteiger charge is -2.26. The minimum Gasteiger partial charge on any atom is -0.381 e. The highest BCUT2D eigenvalue weighted by Crippen LogP contribution is 2.59. The Morgan fingerprint density at radius 3 is 2.78 bits per heavy atom. The maximum atomic E-state index is 13.0. The molecule has 4 rings (SSSR count). The fourth-order valence-corrected chi connectivity index (χ4v) is 4.68. The number of rotatable bonds is 4. The van der Waals surface area contributed by atoms with E-state index in [0.29, 0.717) is 11.9 Å². The van der Waals surface area contributed by atoms with Crippen molar-refractivity contribution in [3.63, 3.8) is 0 Å². The normalized spacial score (nSPS) is 27.1. The van der Waals surface area contributed by atoms with E-state index in [2.05, 4.69) is 21.3 Å². The lowest BCUT2D eigenvalue weighted by molar-refractivity contribution is -0.134. The molecule has 2 atom stereocenters. The molecule has 2 aliphatic heterocycles. The maximum Gasteiger partial charge on any atom is 0.226 e. The number of carbonyl (C=O) groups is 1. The lowest BCUT2D eigenvalue weighted by atomic mass is 9.93. The van der Waals surface area contributed by atoms with Crippen molar-refractivity contribution in [2.24, 2.45) is 11.3 Å². The quantitative estimate of drug-likeness (QED) is 0.881. The predicted molar refractivity (Wildman–Crippen MR) is 107 cm³/mol. The van der Waals surface area contributed by atoms with Crippen LogP contribution in [0, 0.1) is 11.3 Å². The van der Waals surface area contributed by atoms with Gasteiger partial charge in [-0.2, -0.15) is 0 Å². The van der Waals surface area contributed by atoms with E-state index in [1.807, 2.05) is 31.3 Å². The lowest BCUT2D eigenvalue weighted by Crippen LogP contribution is -2.36. The number of amides is 1. The number of pyridine rings is 1. The Balaban J connectivity index is 1.29. The van der Waals surface area contributed by atoms with Crippen molar-refractivity contribution < 1.29 is 9.53 Å². The van der Waals surface area contributed by atoms with Gasteiger partial charge in [-0.3, -0.25) is 4.79 Å². The van der Waals surface area contributed by atoms with Crippen LogP contribution < -0.4 is 10.2 Å². The van der Waals surface area contributed by atoms with E-state index in [-0.39, 0.29) is 11.3 Å². The molecule has 1 N–H and O–H groups in total. The molecule has 0 aromatic carbocycles. The van der Waals surface area contributed by atoms with Gasteiger partial charge in [-0.05, 0) is 56.1 Å². The van der Waals surface area contributed by atoms with Crippen LogP contribution >= 0.6 is 0 Å². The third kappa shape index (κ3) is 4.05. The van der Waals surface area contributed by atoms with Gasteiger partial charge < -0.3 is 19.9 Å². The number of hydrogen-bond donors (Lipinski definition) is 1. The Morgan fingerprint density at radius 2 is 2.07 bits per heavy atom. The fourth-order valence-electron chi connectivity index (χ4n) is 4.68. The van der Waals surface area contributed by atoms with Gasteiger partial charge in [0, 0.05) is 52.4 Å². The molecule has 6 nitrogen and oxygen atoms in total. The standard InChI is InChI=1S/C21H32N4O2/c1-24(2)19-6-5-17(15-22-19)23-16-4-3-10-25(11-7-16)20(26)18-14-21(18)8-12-27-13-9-21/h5-6,15-16,18,23H,3-4,7-14H2,1-2H3/t16-,18+/m1/s1. The van der Waals surface area contributed by atoms with Crippen molar-refractivity contribution in [1.29, 1.82) is 0 Å². The summed E-state index contributed by atoms with van der Waals surface area (Å²) < 4.78 is 5.49. The van der Waals surface area contributed by atoms with Crippen molar-refractivity contribution in [1.82, 2.24) is 9.88 Å². The van der Waals surface area contributed by atoms with E-state index in [1.54, 1.807) is 0 Å². The highest BCUT2D eigenvalue weighted by Gasteiger charge is 2.58. The van der Waals surface area contributed by atoms with E-state index in [0.717, 1.165) is 76.3 Å². The van der Waals surface area contributed by atoms with Crippen LogP contribution in [0.1, 0.15) is 38.5 Å². The molecule has 3 heterocycles. The zero-order valence-corrected chi connectivity index (χ0v) is 16.6. The number of likely N-dealkylation sites (tertiary alicyclic amines) is 1. The zero-order valence-electron chi connectivity index (χ0n) is 16.6. The highest BCUT2D eigenvalue weighted by molar-refractivity contribution is 5.82. The second kappa shape index (κ2) is 7.66. The highest BCUT2D eigenvalue weighted by atomic mass is 16.5. The van der Waals surface area contributed by atoms with E-state index < -0.39 is 0 Å². The molecular formula is C21H32N4O2. The molecule has 0 unspecified atom stereocenters. The number of ether oxygens (including phenoxy) is 1. The summed E-state index contributed by atoms with van der Waals surface area (Å²) in [4.78, 5) is 21.6. The minimum atomic E-state index is 0.258. The van der Waals surface area contributed by atoms with Gasteiger partial charge in [-0.15, -0.1) is 0 Å². The molecule has 27 heavy (non-hydrogen) atoms. The number of nitrogens with zero attached hydrogens (tertiary/aromatic N) is 3. The largest absolute Gasteiger partial charge is 0.381 e. The van der Waals surface area contributed by atoms with Gasteiger partial charge in [0.05, 0.1) is 11.9 Å². The predicted octanol–water partition coefficient (Wildman–Crippen LogP) is 2.76. The van der Waals surface area contributed by atoms with Gasteiger partial charge in [-0.1, -0.05) is 0 Å². The summed E-state index contributed by atoms with van der Waals surface area (Å²) in [6.45, 7) is 3.42. The number of aromatic nitrogens is 1. The summed E-state index contributed by atoms with van der Waals surface area (Å²) in [6, 6.07) is 4.54. The molecule has 3 aliphatic rings. The van der Waals surface area contributed by atoms with Crippen LogP contribution in [0.4, 0.5) is 11.5 Å². The molecule has 0 bridgehead atoms. The van der Waals surface area contributed by atoms with Crippen molar-refractivity contribution in [2.75, 3.05) is 50.6 Å². The summed E-state index contributed by atoms with van der Waals surface area (Å²) in [5.74, 6) is 1.62. The summed E-state index contributed by atoms with van der Waals surface area (Å²) >= 11 is 0. The molecule has 1 aromatic rings. The maximum absolute atomic E-state index is 13.0. The summed E-state index contributed by atoms with van der Waals surface area (Å²) in [6.07, 6.45) is 8.29. The monoisotopic (exact) mass is 372 g/mol. The van der Waals surface area contributed by atoms with Gasteiger partial charge >= 0.3 is 0 Å². The average Bonchev–Trinajstić information content (AvgIpc) is 3.41. The SMILES string of the molecule is CN(C)c1ccc(N[C@@H]2CCCN(C(=O)[C@@H]3CC34CCOCC4)CC2)cn1. The second-order valence-corrected chi connectivity index (χ2v) is 8.63. The van der Waals surface area contributed by atoms with E-state index >= 15 is 0 Å². The first kappa shape index (κ1) is 18.5. The first-order valence-electron chi connectivity index (χ1n) is 10.3. The molecule has 0 radical (unpaired) electrons. The second-order valence-electron chi connectivity index (χ2n) is 8.63. The molecule has 3 fully saturated rings. The van der Waals surface area contributed by atoms with Crippen LogP contribution in [0.2, 0.25) is 0 Å². The third-order valence-electron chi connectivity index (χ3n) is 6.59. The molecule has 1 saturated carbocycles. The summed E-state index contributed by atoms with van der Waals surface area (Å²) in [5, 5.41) is 3.61. The number of hydrogen-bond acceptors (Lipinski definition) is 5. The molecule has 1 spiro atoms. The zero-order chi connectivity index (χ0) is 18.9. The Morgan fingerprint density at radius 1 is 1.26 bits per heavy atom. The molecule has 1 aromatic heterocycles. The van der Waals surface area contributed by atoms with Crippen LogP contribution in [0.5, 0.6) is 0 Å². The third-order valence-corrected chi connectivity index (χ3v) is 6.59. The van der Waals surface area contributed by atoms with Gasteiger partial charge in [0.1, 0.15) is 5.82 Å². The molecule has 1 amide bonds. The fraction of sp³-hybridized carbons (Fsp3) is 0.714. The van der Waals surface area contributed by atoms with Crippen molar-refractivity contribution in [3.05, 3.63) is 18.3 Å².